The summed E-state index contributed by atoms with van der Waals surface area (Å²) in [7, 11) is 0. The second kappa shape index (κ2) is 35.5. The summed E-state index contributed by atoms with van der Waals surface area (Å²) in [6, 6.07) is 51.7. The molecule has 1 amide bonds. The van der Waals surface area contributed by atoms with Crippen molar-refractivity contribution in [2.45, 2.75) is 61.4 Å². The van der Waals surface area contributed by atoms with E-state index in [9.17, 15) is 4.79 Å². The van der Waals surface area contributed by atoms with Gasteiger partial charge in [0.2, 0.25) is 5.91 Å². The molecule has 12 N–H and O–H groups in total. The van der Waals surface area contributed by atoms with Crippen molar-refractivity contribution in [1.82, 2.24) is 126 Å². The molecule has 0 unspecified atom stereocenters. The lowest BCUT2D eigenvalue weighted by molar-refractivity contribution is -0.116. The van der Waals surface area contributed by atoms with Crippen molar-refractivity contribution in [3.05, 3.63) is 276 Å². The van der Waals surface area contributed by atoms with E-state index in [2.05, 4.69) is 249 Å². The quantitative estimate of drug-likeness (QED) is 0.0380. The molecule has 24 aromatic rings. The van der Waals surface area contributed by atoms with Gasteiger partial charge in [-0.15, -0.1) is 45.3 Å². The van der Waals surface area contributed by atoms with E-state index in [0.717, 1.165) is 227 Å². The van der Waals surface area contributed by atoms with E-state index < -0.39 is 0 Å². The molecule has 0 saturated heterocycles. The molecule has 20 aromatic heterocycles. The highest BCUT2D eigenvalue weighted by molar-refractivity contribution is 7.16. The summed E-state index contributed by atoms with van der Waals surface area (Å²) in [4.78, 5) is 90.1. The number of aromatic amines is 8. The van der Waals surface area contributed by atoms with Gasteiger partial charge in [-0.05, 0) is 189 Å². The maximum Gasteiger partial charge on any atom is 0.224 e. The van der Waals surface area contributed by atoms with Gasteiger partial charge in [0.15, 0.2) is 23.3 Å². The Morgan fingerprint density at radius 2 is 0.705 bits per heavy atom. The number of imidazole rings is 4. The van der Waals surface area contributed by atoms with Gasteiger partial charge < -0.3 is 36.3 Å². The first-order valence-electron chi connectivity index (χ1n) is 42.6. The fourth-order valence-corrected chi connectivity index (χ4v) is 19.6. The van der Waals surface area contributed by atoms with E-state index in [-0.39, 0.29) is 11.8 Å². The molecule has 0 bridgehead atoms. The van der Waals surface area contributed by atoms with Gasteiger partial charge in [0.05, 0.1) is 86.5 Å². The van der Waals surface area contributed by atoms with Gasteiger partial charge in [-0.3, -0.25) is 65.1 Å². The number of aromatic nitrogens is 24. The molecular formula is C100H81N27OS4. The maximum atomic E-state index is 12.2. The minimum Gasteiger partial charge on any atom is -0.397 e. The number of aryl methyl sites for hydroxylation is 4. The Balaban J connectivity index is 0.000000106. The van der Waals surface area contributed by atoms with Crippen molar-refractivity contribution < 1.29 is 4.79 Å². The smallest absolute Gasteiger partial charge is 0.224 e. The molecule has 32 heteroatoms. The first kappa shape index (κ1) is 82.8. The zero-order valence-electron chi connectivity index (χ0n) is 72.1. The highest BCUT2D eigenvalue weighted by atomic mass is 32.1. The topological polar surface area (TPSA) is 400 Å². The lowest BCUT2D eigenvalue weighted by Crippen LogP contribution is -2.13. The minimum absolute atomic E-state index is 0.0158. The van der Waals surface area contributed by atoms with E-state index in [1.54, 1.807) is 88.7 Å². The van der Waals surface area contributed by atoms with Crippen LogP contribution in [0.3, 0.4) is 0 Å². The number of carbonyl (C=O) groups is 1. The van der Waals surface area contributed by atoms with E-state index in [1.807, 2.05) is 118 Å². The number of nitrogens with zero attached hydrogens (tertiary/aromatic N) is 16. The average Bonchev–Trinajstić information content (AvgIpc) is 1.65. The van der Waals surface area contributed by atoms with Crippen LogP contribution in [0.25, 0.3) is 220 Å². The predicted molar refractivity (Wildman–Crippen MR) is 531 cm³/mol. The molecule has 0 radical (unpaired) electrons. The summed E-state index contributed by atoms with van der Waals surface area (Å²) in [5.74, 6) is 3.10. The second-order valence-corrected chi connectivity index (χ2v) is 37.5. The largest absolute Gasteiger partial charge is 0.397 e. The molecule has 24 rings (SSSR count). The number of nitrogen functional groups attached to an aromatic ring is 1. The lowest BCUT2D eigenvalue weighted by atomic mass is 10.0. The number of H-pyrrole nitrogens is 8. The Morgan fingerprint density at radius 3 is 1.05 bits per heavy atom. The Labute approximate surface area is 768 Å². The number of fused-ring (bicyclic) bond motifs is 8. The van der Waals surface area contributed by atoms with Crippen LogP contribution in [0.15, 0.2) is 251 Å². The van der Waals surface area contributed by atoms with Crippen LogP contribution < -0.4 is 16.4 Å². The van der Waals surface area contributed by atoms with Crippen LogP contribution in [-0.2, 0) is 11.3 Å². The molecule has 0 atom stereocenters. The number of nitrogens with two attached hydrogens (primary N) is 1. The number of carbonyl (C=O) groups excluding carboxylic acids is 1. The molecule has 0 aliphatic carbocycles. The predicted octanol–water partition coefficient (Wildman–Crippen LogP) is 23.1. The van der Waals surface area contributed by atoms with E-state index in [1.165, 1.54) is 19.5 Å². The fraction of sp³-hybridized carbons (Fsp3) is 0.110. The van der Waals surface area contributed by atoms with Crippen molar-refractivity contribution in [2.24, 2.45) is 5.92 Å². The van der Waals surface area contributed by atoms with Gasteiger partial charge in [0.1, 0.15) is 44.8 Å². The first-order chi connectivity index (χ1) is 64.5. The molecule has 646 valence electrons. The third-order valence-corrected chi connectivity index (χ3v) is 26.6. The number of hydrogen-bond donors (Lipinski definition) is 11. The number of pyridine rings is 8. The summed E-state index contributed by atoms with van der Waals surface area (Å²) in [6.07, 6.45) is 29.5. The monoisotopic (exact) mass is 1800 g/mol. The second-order valence-electron chi connectivity index (χ2n) is 32.4. The van der Waals surface area contributed by atoms with Crippen molar-refractivity contribution in [2.75, 3.05) is 17.6 Å². The average molecular weight is 1810 g/mol. The Morgan fingerprint density at radius 1 is 0.356 bits per heavy atom. The number of amides is 1. The van der Waals surface area contributed by atoms with Gasteiger partial charge in [-0.25, -0.2) is 19.9 Å². The standard InChI is InChI=1S/C28H25N7OS.C26H23N7S.C23H17N7S.C23H16N6S/c1-15(2)8-25(36)31-19-9-18(11-29-12-19)17-5-6-22-20(10-17)27(35-34-22)28-32-23-14-30-13-21(26(23)33-28)24-7-4-16(3)37-24;1-3-27-10-16-8-18(12-28-11-16)17-5-6-21-19(9-17)25(33-32-21)26-30-22-14-29-13-20(24(22)31-26)23-7-4-15(2)34-23;1-12-2-5-20(31-12)17-10-26-11-19-21(17)28-23(27-19)22-16-7-13(3-4-18(16)29-30-22)14-6-15(24)9-25-8-14;1-13-4-7-20(30-13)17-11-25-12-19-21(17)27-23(26-19)22-16-9-14(5-6-18(16)28-29-22)15-3-2-8-24-10-15/h4-7,9-15H,8H2,1-3H3,(H,31,36)(H,32,33)(H,34,35);4-9,11-14,27H,3,10H2,1-2H3,(H,30,31)(H,32,33);2-11H,24H2,1H3,(H,27,28)(H,29,30);2-12H,1H3,(H,26,27)(H,28,29). The van der Waals surface area contributed by atoms with Gasteiger partial charge in [0, 0.05) is 186 Å². The van der Waals surface area contributed by atoms with Crippen molar-refractivity contribution in [3.63, 3.8) is 0 Å². The van der Waals surface area contributed by atoms with Crippen molar-refractivity contribution in [3.8, 4) is 132 Å². The molecule has 28 nitrogen and oxygen atoms in total. The summed E-state index contributed by atoms with van der Waals surface area (Å²) < 4.78 is 0. The lowest BCUT2D eigenvalue weighted by Gasteiger charge is -2.09. The summed E-state index contributed by atoms with van der Waals surface area (Å²) in [5, 5.41) is 41.0. The molecule has 4 aromatic carbocycles. The van der Waals surface area contributed by atoms with Crippen LogP contribution in [0.2, 0.25) is 0 Å². The van der Waals surface area contributed by atoms with E-state index in [4.69, 9.17) is 25.7 Å². The molecule has 20 heterocycles. The number of rotatable bonds is 18. The van der Waals surface area contributed by atoms with Crippen molar-refractivity contribution >= 4 is 150 Å². The molecule has 0 fully saturated rings. The van der Waals surface area contributed by atoms with Crippen molar-refractivity contribution in [1.29, 1.82) is 0 Å². The Kier molecular flexibility index (Phi) is 22.3. The summed E-state index contributed by atoms with van der Waals surface area (Å²) in [5.41, 5.74) is 34.6. The third-order valence-electron chi connectivity index (χ3n) is 22.5. The van der Waals surface area contributed by atoms with Crippen LogP contribution in [0.4, 0.5) is 11.4 Å². The number of benzene rings is 4. The molecule has 0 spiro atoms. The molecular weight excluding hydrogens is 1720 g/mol. The van der Waals surface area contributed by atoms with Gasteiger partial charge >= 0.3 is 0 Å². The number of thiophene rings is 4. The van der Waals surface area contributed by atoms with E-state index in [0.29, 0.717) is 29.4 Å². The Bertz CT molecular complexity index is 8420. The third kappa shape index (κ3) is 16.8. The molecule has 0 aliphatic rings. The van der Waals surface area contributed by atoms with Gasteiger partial charge in [0.25, 0.3) is 0 Å². The highest BCUT2D eigenvalue weighted by Crippen LogP contribution is 2.42. The van der Waals surface area contributed by atoms with Crippen LogP contribution >= 0.6 is 45.3 Å². The van der Waals surface area contributed by atoms with Crippen LogP contribution in [0.5, 0.6) is 0 Å². The minimum atomic E-state index is -0.0158. The molecule has 132 heavy (non-hydrogen) atoms. The van der Waals surface area contributed by atoms with Crippen LogP contribution in [-0.4, -0.2) is 133 Å². The van der Waals surface area contributed by atoms with Gasteiger partial charge in [-0.1, -0.05) is 51.1 Å². The maximum absolute atomic E-state index is 12.2. The fourth-order valence-electron chi connectivity index (χ4n) is 16.1. The summed E-state index contributed by atoms with van der Waals surface area (Å²) in [6.45, 7) is 16.3. The SMILES string of the molecule is CCNCc1cncc(-c2ccc3[nH]nc(-c4nc5c(-c6ccc(C)s6)cncc5[nH]4)c3c2)c1.Cc1ccc(-c2cncc3[nH]c(-c4n[nH]c5ccc(-c6cccnc6)cc45)nc23)s1.Cc1ccc(-c2cncc3[nH]c(-c4n[nH]c5ccc(-c6cncc(N)c6)cc45)nc23)s1.Cc1ccc(-c2cncc3[nH]c(-c4n[nH]c5ccc(-c6cncc(NC(=O)CC(C)C)c6)cc45)nc23)s1. The number of hydrogen-bond acceptors (Lipinski definition) is 23. The number of nitrogens with one attached hydrogen (secondary N) is 10. The molecule has 0 aliphatic heterocycles. The zero-order valence-corrected chi connectivity index (χ0v) is 75.4. The van der Waals surface area contributed by atoms with E-state index >= 15 is 0 Å². The van der Waals surface area contributed by atoms with Crippen LogP contribution in [0.1, 0.15) is 52.3 Å². The summed E-state index contributed by atoms with van der Waals surface area (Å²) >= 11 is 6.95. The molecule has 0 saturated carbocycles. The zero-order chi connectivity index (χ0) is 89.6. The highest BCUT2D eigenvalue weighted by Gasteiger charge is 2.24. The normalized spacial score (nSPS) is 11.5. The van der Waals surface area contributed by atoms with Gasteiger partial charge in [-0.2, -0.15) is 20.4 Å². The first-order valence-corrected chi connectivity index (χ1v) is 45.9. The van der Waals surface area contributed by atoms with Crippen LogP contribution in [0, 0.1) is 33.6 Å². The number of anilines is 2. The Hall–Kier alpha value is -16.1.